The third-order valence-corrected chi connectivity index (χ3v) is 4.29. The number of anilines is 1. The second kappa shape index (κ2) is 7.41. The molecule has 0 aliphatic carbocycles. The van der Waals surface area contributed by atoms with E-state index in [1.54, 1.807) is 0 Å². The van der Waals surface area contributed by atoms with Crippen molar-refractivity contribution in [3.63, 3.8) is 0 Å². The molecule has 4 heteroatoms. The van der Waals surface area contributed by atoms with Crippen LogP contribution in [0.5, 0.6) is 0 Å². The van der Waals surface area contributed by atoms with E-state index in [0.29, 0.717) is 5.92 Å². The number of aromatic nitrogens is 1. The van der Waals surface area contributed by atoms with Crippen LogP contribution in [-0.4, -0.2) is 25.1 Å². The van der Waals surface area contributed by atoms with Crippen LogP contribution in [0, 0.1) is 5.92 Å². The van der Waals surface area contributed by atoms with Crippen molar-refractivity contribution >= 4 is 16.5 Å². The van der Waals surface area contributed by atoms with E-state index in [-0.39, 0.29) is 5.41 Å². The van der Waals surface area contributed by atoms with Crippen molar-refractivity contribution in [1.82, 2.24) is 10.3 Å². The van der Waals surface area contributed by atoms with Gasteiger partial charge in [0, 0.05) is 30.4 Å². The molecule has 0 radical (unpaired) electrons. The molecule has 1 heterocycles. The SMILES string of the molecule is CCCN(C)c1nc(C(C)(C)C)c(CNCC(C)C)s1. The molecule has 0 saturated heterocycles. The Hall–Kier alpha value is -0.610. The highest BCUT2D eigenvalue weighted by Crippen LogP contribution is 2.33. The highest BCUT2D eigenvalue weighted by Gasteiger charge is 2.24. The summed E-state index contributed by atoms with van der Waals surface area (Å²) in [7, 11) is 2.14. The molecule has 0 amide bonds. The van der Waals surface area contributed by atoms with Crippen LogP contribution in [0.3, 0.4) is 0 Å². The average Bonchev–Trinajstić information content (AvgIpc) is 2.73. The van der Waals surface area contributed by atoms with E-state index >= 15 is 0 Å². The number of thiazole rings is 1. The lowest BCUT2D eigenvalue weighted by Gasteiger charge is -2.18. The van der Waals surface area contributed by atoms with Gasteiger partial charge in [-0.25, -0.2) is 4.98 Å². The zero-order valence-corrected chi connectivity index (χ0v) is 15.0. The number of nitrogens with zero attached hydrogens (tertiary/aromatic N) is 2. The fourth-order valence-corrected chi connectivity index (χ4v) is 3.34. The van der Waals surface area contributed by atoms with E-state index in [1.807, 2.05) is 11.3 Å². The summed E-state index contributed by atoms with van der Waals surface area (Å²) in [6.07, 6.45) is 1.15. The molecule has 0 fully saturated rings. The molecule has 0 spiro atoms. The molecule has 0 atom stereocenters. The van der Waals surface area contributed by atoms with E-state index in [1.165, 1.54) is 10.6 Å². The van der Waals surface area contributed by atoms with E-state index in [4.69, 9.17) is 4.98 Å². The Kier molecular flexibility index (Phi) is 6.46. The molecular formula is C16H31N3S. The van der Waals surface area contributed by atoms with E-state index in [9.17, 15) is 0 Å². The predicted octanol–water partition coefficient (Wildman–Crippen LogP) is 4.03. The highest BCUT2D eigenvalue weighted by molar-refractivity contribution is 7.15. The average molecular weight is 298 g/mol. The topological polar surface area (TPSA) is 28.2 Å². The van der Waals surface area contributed by atoms with Crippen LogP contribution in [0.1, 0.15) is 58.5 Å². The molecule has 0 aliphatic heterocycles. The van der Waals surface area contributed by atoms with Gasteiger partial charge in [0.1, 0.15) is 0 Å². The Bertz CT molecular complexity index is 404. The third-order valence-electron chi connectivity index (χ3n) is 3.12. The number of hydrogen-bond donors (Lipinski definition) is 1. The van der Waals surface area contributed by atoms with Gasteiger partial charge in [-0.05, 0) is 18.9 Å². The van der Waals surface area contributed by atoms with Crippen LogP contribution in [0.25, 0.3) is 0 Å². The van der Waals surface area contributed by atoms with E-state index in [0.717, 1.165) is 31.2 Å². The fourth-order valence-electron chi connectivity index (χ4n) is 2.11. The number of rotatable bonds is 7. The minimum absolute atomic E-state index is 0.108. The third kappa shape index (κ3) is 5.06. The molecule has 1 rings (SSSR count). The minimum atomic E-state index is 0.108. The van der Waals surface area contributed by atoms with Gasteiger partial charge in [0.15, 0.2) is 5.13 Å². The van der Waals surface area contributed by atoms with Gasteiger partial charge < -0.3 is 10.2 Å². The van der Waals surface area contributed by atoms with Crippen LogP contribution in [-0.2, 0) is 12.0 Å². The summed E-state index contributed by atoms with van der Waals surface area (Å²) in [6.45, 7) is 16.5. The van der Waals surface area contributed by atoms with Crippen molar-refractivity contribution in [2.24, 2.45) is 5.92 Å². The normalized spacial score (nSPS) is 12.2. The summed E-state index contributed by atoms with van der Waals surface area (Å²) in [6, 6.07) is 0. The summed E-state index contributed by atoms with van der Waals surface area (Å²) in [5.74, 6) is 0.684. The molecule has 20 heavy (non-hydrogen) atoms. The van der Waals surface area contributed by atoms with Gasteiger partial charge in [-0.1, -0.05) is 41.5 Å². The number of nitrogens with one attached hydrogen (secondary N) is 1. The second-order valence-electron chi connectivity index (χ2n) is 6.96. The maximum Gasteiger partial charge on any atom is 0.185 e. The number of hydrogen-bond acceptors (Lipinski definition) is 4. The monoisotopic (exact) mass is 297 g/mol. The molecule has 0 aliphatic rings. The summed E-state index contributed by atoms with van der Waals surface area (Å²) < 4.78 is 0. The molecule has 1 aromatic rings. The van der Waals surface area contributed by atoms with Gasteiger partial charge in [0.25, 0.3) is 0 Å². The minimum Gasteiger partial charge on any atom is -0.351 e. The molecule has 1 aromatic heterocycles. The Morgan fingerprint density at radius 3 is 2.45 bits per heavy atom. The van der Waals surface area contributed by atoms with Crippen molar-refractivity contribution in [3.05, 3.63) is 10.6 Å². The summed E-state index contributed by atoms with van der Waals surface area (Å²) in [4.78, 5) is 8.56. The molecule has 1 N–H and O–H groups in total. The molecule has 116 valence electrons. The summed E-state index contributed by atoms with van der Waals surface area (Å²) in [5, 5.41) is 4.70. The maximum absolute atomic E-state index is 4.90. The maximum atomic E-state index is 4.90. The lowest BCUT2D eigenvalue weighted by molar-refractivity contribution is 0.535. The Morgan fingerprint density at radius 1 is 1.30 bits per heavy atom. The van der Waals surface area contributed by atoms with Crippen molar-refractivity contribution < 1.29 is 0 Å². The lowest BCUT2D eigenvalue weighted by Crippen LogP contribution is -2.22. The summed E-state index contributed by atoms with van der Waals surface area (Å²) in [5.41, 5.74) is 1.35. The zero-order chi connectivity index (χ0) is 15.3. The first-order valence-corrected chi connectivity index (χ1v) is 8.49. The first kappa shape index (κ1) is 17.4. The molecule has 0 unspecified atom stereocenters. The van der Waals surface area contributed by atoms with Crippen LogP contribution < -0.4 is 10.2 Å². The lowest BCUT2D eigenvalue weighted by atomic mass is 9.91. The van der Waals surface area contributed by atoms with Crippen LogP contribution in [0.2, 0.25) is 0 Å². The van der Waals surface area contributed by atoms with Gasteiger partial charge in [-0.15, -0.1) is 11.3 Å². The van der Waals surface area contributed by atoms with Gasteiger partial charge >= 0.3 is 0 Å². The molecule has 0 saturated carbocycles. The fraction of sp³-hybridized carbons (Fsp3) is 0.812. The molecule has 0 aromatic carbocycles. The van der Waals surface area contributed by atoms with Gasteiger partial charge in [-0.3, -0.25) is 0 Å². The Labute approximate surface area is 128 Å². The van der Waals surface area contributed by atoms with E-state index < -0.39 is 0 Å². The van der Waals surface area contributed by atoms with Crippen molar-refractivity contribution in [2.45, 2.75) is 59.9 Å². The first-order valence-electron chi connectivity index (χ1n) is 7.67. The largest absolute Gasteiger partial charge is 0.351 e. The van der Waals surface area contributed by atoms with Crippen molar-refractivity contribution in [2.75, 3.05) is 25.0 Å². The Balaban J connectivity index is 2.89. The quantitative estimate of drug-likeness (QED) is 0.823. The van der Waals surface area contributed by atoms with Gasteiger partial charge in [-0.2, -0.15) is 0 Å². The van der Waals surface area contributed by atoms with E-state index in [2.05, 4.69) is 58.8 Å². The standard InChI is InChI=1S/C16H31N3S/c1-8-9-19(7)15-18-14(16(4,5)6)13(20-15)11-17-10-12(2)3/h12,17H,8-11H2,1-7H3. The smallest absolute Gasteiger partial charge is 0.185 e. The highest BCUT2D eigenvalue weighted by atomic mass is 32.1. The van der Waals surface area contributed by atoms with Gasteiger partial charge in [0.2, 0.25) is 0 Å². The van der Waals surface area contributed by atoms with Crippen LogP contribution >= 0.6 is 11.3 Å². The van der Waals surface area contributed by atoms with Crippen LogP contribution in [0.15, 0.2) is 0 Å². The zero-order valence-electron chi connectivity index (χ0n) is 14.2. The predicted molar refractivity (Wildman–Crippen MR) is 90.9 cm³/mol. The molecule has 3 nitrogen and oxygen atoms in total. The Morgan fingerprint density at radius 2 is 1.95 bits per heavy atom. The van der Waals surface area contributed by atoms with Crippen LogP contribution in [0.4, 0.5) is 5.13 Å². The van der Waals surface area contributed by atoms with Crippen molar-refractivity contribution in [3.8, 4) is 0 Å². The second-order valence-corrected chi connectivity index (χ2v) is 8.03. The molecular weight excluding hydrogens is 266 g/mol. The summed E-state index contributed by atoms with van der Waals surface area (Å²) >= 11 is 1.84. The molecule has 0 bridgehead atoms. The van der Waals surface area contributed by atoms with Gasteiger partial charge in [0.05, 0.1) is 5.69 Å². The van der Waals surface area contributed by atoms with Crippen molar-refractivity contribution in [1.29, 1.82) is 0 Å². The first-order chi connectivity index (χ1) is 9.25.